The molecule has 5 nitrogen and oxygen atoms in total. The molecule has 1 aliphatic rings. The standard InChI is InChI=1S/C21H23NO4/c1-13-9-14(2)20(15(3)10-13)26-21(24)16-11-19(23)22(12-16)17-7-5-6-8-18(17)25-4/h5-10,16H,11-12H2,1-4H3. The fourth-order valence-corrected chi connectivity index (χ4v) is 3.46. The molecule has 1 atom stereocenters. The number of hydrogen-bond donors (Lipinski definition) is 0. The van der Waals surface area contributed by atoms with E-state index in [9.17, 15) is 9.59 Å². The lowest BCUT2D eigenvalue weighted by Gasteiger charge is -2.19. The van der Waals surface area contributed by atoms with Gasteiger partial charge in [0.2, 0.25) is 5.91 Å². The molecule has 5 heteroatoms. The van der Waals surface area contributed by atoms with E-state index in [1.54, 1.807) is 18.1 Å². The van der Waals surface area contributed by atoms with Crippen LogP contribution in [0.1, 0.15) is 23.1 Å². The summed E-state index contributed by atoms with van der Waals surface area (Å²) in [5.74, 6) is 0.232. The van der Waals surface area contributed by atoms with Gasteiger partial charge in [-0.3, -0.25) is 9.59 Å². The molecule has 1 heterocycles. The van der Waals surface area contributed by atoms with Gasteiger partial charge in [0.25, 0.3) is 0 Å². The van der Waals surface area contributed by atoms with Crippen LogP contribution in [0.4, 0.5) is 5.69 Å². The van der Waals surface area contributed by atoms with Crippen molar-refractivity contribution >= 4 is 17.6 Å². The number of rotatable bonds is 4. The van der Waals surface area contributed by atoms with Gasteiger partial charge in [-0.25, -0.2) is 0 Å². The number of amides is 1. The van der Waals surface area contributed by atoms with Crippen LogP contribution in [0.25, 0.3) is 0 Å². The Bertz CT molecular complexity index is 836. The van der Waals surface area contributed by atoms with Gasteiger partial charge in [-0.2, -0.15) is 0 Å². The molecule has 0 radical (unpaired) electrons. The first-order valence-electron chi connectivity index (χ1n) is 8.63. The lowest BCUT2D eigenvalue weighted by atomic mass is 10.1. The number of benzene rings is 2. The van der Waals surface area contributed by atoms with Crippen LogP contribution in [0.2, 0.25) is 0 Å². The highest BCUT2D eigenvalue weighted by atomic mass is 16.5. The summed E-state index contributed by atoms with van der Waals surface area (Å²) in [5, 5.41) is 0. The summed E-state index contributed by atoms with van der Waals surface area (Å²) in [4.78, 5) is 26.7. The minimum atomic E-state index is -0.493. The van der Waals surface area contributed by atoms with E-state index in [4.69, 9.17) is 9.47 Å². The second kappa shape index (κ2) is 7.20. The van der Waals surface area contributed by atoms with Crippen LogP contribution in [0.3, 0.4) is 0 Å². The molecule has 2 aromatic carbocycles. The number of para-hydroxylation sites is 2. The van der Waals surface area contributed by atoms with Crippen LogP contribution in [0.15, 0.2) is 36.4 Å². The summed E-state index contributed by atoms with van der Waals surface area (Å²) in [6.07, 6.45) is 0.140. The molecular formula is C21H23NO4. The highest BCUT2D eigenvalue weighted by Crippen LogP contribution is 2.34. The minimum absolute atomic E-state index is 0.103. The Balaban J connectivity index is 1.78. The Hall–Kier alpha value is -2.82. The van der Waals surface area contributed by atoms with E-state index in [1.165, 1.54) is 0 Å². The summed E-state index contributed by atoms with van der Waals surface area (Å²) >= 11 is 0. The van der Waals surface area contributed by atoms with Crippen molar-refractivity contribution in [2.45, 2.75) is 27.2 Å². The van der Waals surface area contributed by atoms with Crippen LogP contribution in [-0.4, -0.2) is 25.5 Å². The number of anilines is 1. The zero-order chi connectivity index (χ0) is 18.8. The predicted octanol–water partition coefficient (Wildman–Crippen LogP) is 3.58. The number of esters is 1. The highest BCUT2D eigenvalue weighted by Gasteiger charge is 2.37. The second-order valence-electron chi connectivity index (χ2n) is 6.73. The molecule has 0 aromatic heterocycles. The number of aryl methyl sites for hydroxylation is 3. The summed E-state index contributed by atoms with van der Waals surface area (Å²) in [6, 6.07) is 11.3. The van der Waals surface area contributed by atoms with Crippen LogP contribution in [0.5, 0.6) is 11.5 Å². The number of methoxy groups -OCH3 is 1. The lowest BCUT2D eigenvalue weighted by Crippen LogP contribution is -2.27. The molecule has 1 aliphatic heterocycles. The van der Waals surface area contributed by atoms with Gasteiger partial charge in [0, 0.05) is 13.0 Å². The molecule has 1 saturated heterocycles. The third-order valence-electron chi connectivity index (χ3n) is 4.64. The molecule has 1 amide bonds. The smallest absolute Gasteiger partial charge is 0.316 e. The molecule has 1 unspecified atom stereocenters. The van der Waals surface area contributed by atoms with Crippen LogP contribution >= 0.6 is 0 Å². The molecule has 2 aromatic rings. The van der Waals surface area contributed by atoms with E-state index in [0.29, 0.717) is 23.7 Å². The van der Waals surface area contributed by atoms with Gasteiger partial charge in [-0.1, -0.05) is 29.8 Å². The summed E-state index contributed by atoms with van der Waals surface area (Å²) < 4.78 is 11.0. The maximum Gasteiger partial charge on any atom is 0.316 e. The molecule has 0 aliphatic carbocycles. The maximum atomic E-state index is 12.6. The monoisotopic (exact) mass is 353 g/mol. The van der Waals surface area contributed by atoms with Crippen LogP contribution in [-0.2, 0) is 9.59 Å². The Morgan fingerprint density at radius 1 is 1.12 bits per heavy atom. The van der Waals surface area contributed by atoms with Crippen molar-refractivity contribution in [2.75, 3.05) is 18.6 Å². The molecular weight excluding hydrogens is 330 g/mol. The second-order valence-corrected chi connectivity index (χ2v) is 6.73. The first-order chi connectivity index (χ1) is 12.4. The summed E-state index contributed by atoms with van der Waals surface area (Å²) in [7, 11) is 1.56. The third-order valence-corrected chi connectivity index (χ3v) is 4.64. The van der Waals surface area contributed by atoms with Gasteiger partial charge >= 0.3 is 5.97 Å². The van der Waals surface area contributed by atoms with E-state index in [1.807, 2.05) is 51.1 Å². The van der Waals surface area contributed by atoms with Crippen molar-refractivity contribution in [3.63, 3.8) is 0 Å². The average Bonchev–Trinajstić information content (AvgIpc) is 2.99. The molecule has 1 fully saturated rings. The number of carbonyl (C=O) groups is 2. The van der Waals surface area contributed by atoms with Gasteiger partial charge in [0.1, 0.15) is 11.5 Å². The van der Waals surface area contributed by atoms with E-state index in [-0.39, 0.29) is 18.3 Å². The predicted molar refractivity (Wildman–Crippen MR) is 99.7 cm³/mol. The summed E-state index contributed by atoms with van der Waals surface area (Å²) in [6.45, 7) is 6.14. The summed E-state index contributed by atoms with van der Waals surface area (Å²) in [5.41, 5.74) is 3.64. The van der Waals surface area contributed by atoms with Crippen molar-refractivity contribution in [2.24, 2.45) is 5.92 Å². The molecule has 0 spiro atoms. The number of hydrogen-bond acceptors (Lipinski definition) is 4. The SMILES string of the molecule is COc1ccccc1N1CC(C(=O)Oc2c(C)cc(C)cc2C)CC1=O. The first kappa shape index (κ1) is 18.0. The average molecular weight is 353 g/mol. The van der Waals surface area contributed by atoms with Crippen LogP contribution < -0.4 is 14.4 Å². The van der Waals surface area contributed by atoms with Crippen molar-refractivity contribution in [1.29, 1.82) is 0 Å². The molecule has 0 bridgehead atoms. The Labute approximate surface area is 153 Å². The zero-order valence-electron chi connectivity index (χ0n) is 15.5. The van der Waals surface area contributed by atoms with Gasteiger partial charge in [0.05, 0.1) is 18.7 Å². The lowest BCUT2D eigenvalue weighted by molar-refractivity contribution is -0.139. The van der Waals surface area contributed by atoms with Crippen molar-refractivity contribution in [3.05, 3.63) is 53.1 Å². The van der Waals surface area contributed by atoms with E-state index < -0.39 is 5.92 Å². The minimum Gasteiger partial charge on any atom is -0.495 e. The molecule has 0 saturated carbocycles. The van der Waals surface area contributed by atoms with Gasteiger partial charge in [-0.15, -0.1) is 0 Å². The largest absolute Gasteiger partial charge is 0.495 e. The molecule has 136 valence electrons. The first-order valence-corrected chi connectivity index (χ1v) is 8.63. The highest BCUT2D eigenvalue weighted by molar-refractivity contribution is 6.00. The number of ether oxygens (including phenoxy) is 2. The normalized spacial score (nSPS) is 16.7. The molecule has 26 heavy (non-hydrogen) atoms. The molecule has 0 N–H and O–H groups in total. The maximum absolute atomic E-state index is 12.6. The van der Waals surface area contributed by atoms with E-state index in [0.717, 1.165) is 16.7 Å². The van der Waals surface area contributed by atoms with E-state index >= 15 is 0 Å². The quantitative estimate of drug-likeness (QED) is 0.623. The van der Waals surface area contributed by atoms with Gasteiger partial charge in [0.15, 0.2) is 0 Å². The van der Waals surface area contributed by atoms with Crippen LogP contribution in [0, 0.1) is 26.7 Å². The Morgan fingerprint density at radius 3 is 2.42 bits per heavy atom. The topological polar surface area (TPSA) is 55.8 Å². The van der Waals surface area contributed by atoms with Gasteiger partial charge < -0.3 is 14.4 Å². The van der Waals surface area contributed by atoms with Crippen molar-refractivity contribution in [3.8, 4) is 11.5 Å². The Kier molecular flexibility index (Phi) is 4.98. The van der Waals surface area contributed by atoms with Gasteiger partial charge in [-0.05, 0) is 44.0 Å². The third kappa shape index (κ3) is 3.43. The number of nitrogens with zero attached hydrogens (tertiary/aromatic N) is 1. The van der Waals surface area contributed by atoms with Crippen molar-refractivity contribution < 1.29 is 19.1 Å². The van der Waals surface area contributed by atoms with Crippen molar-refractivity contribution in [1.82, 2.24) is 0 Å². The Morgan fingerprint density at radius 2 is 1.77 bits per heavy atom. The molecule has 3 rings (SSSR count). The zero-order valence-corrected chi connectivity index (χ0v) is 15.5. The number of carbonyl (C=O) groups excluding carboxylic acids is 2. The fraction of sp³-hybridized carbons (Fsp3) is 0.333. The fourth-order valence-electron chi connectivity index (χ4n) is 3.46. The van der Waals surface area contributed by atoms with E-state index in [2.05, 4.69) is 0 Å².